The van der Waals surface area contributed by atoms with Gasteiger partial charge in [0.15, 0.2) is 0 Å². The summed E-state index contributed by atoms with van der Waals surface area (Å²) in [6.45, 7) is 0. The summed E-state index contributed by atoms with van der Waals surface area (Å²) in [6, 6.07) is 4.51. The van der Waals surface area contributed by atoms with E-state index in [9.17, 15) is 4.79 Å². The van der Waals surface area contributed by atoms with Crippen LogP contribution in [0.4, 0.5) is 0 Å². The molecule has 1 aliphatic rings. The first-order valence-corrected chi connectivity index (χ1v) is 4.94. The molecule has 1 aromatic carbocycles. The van der Waals surface area contributed by atoms with Gasteiger partial charge in [-0.15, -0.1) is 12.4 Å². The number of rotatable bonds is 0. The Bertz CT molecular complexity index is 400. The summed E-state index contributed by atoms with van der Waals surface area (Å²) in [5.41, 5.74) is 6.53. The van der Waals surface area contributed by atoms with Gasteiger partial charge in [0.2, 0.25) is 0 Å². The van der Waals surface area contributed by atoms with Gasteiger partial charge in [-0.1, -0.05) is 11.6 Å². The summed E-state index contributed by atoms with van der Waals surface area (Å²) >= 11 is 9.87. The number of hydrogen-bond acceptors (Lipinski definition) is 4. The van der Waals surface area contributed by atoms with E-state index in [0.29, 0.717) is 10.8 Å². The maximum absolute atomic E-state index is 11.2. The van der Waals surface area contributed by atoms with Gasteiger partial charge in [-0.2, -0.15) is 12.6 Å². The lowest BCUT2D eigenvalue weighted by Gasteiger charge is -2.26. The molecular formula is C9H9Cl2NO2S. The third-order valence-electron chi connectivity index (χ3n) is 2.12. The molecular weight excluding hydrogens is 257 g/mol. The topological polar surface area (TPSA) is 52.3 Å². The van der Waals surface area contributed by atoms with Gasteiger partial charge in [-0.05, 0) is 18.2 Å². The van der Waals surface area contributed by atoms with Crippen LogP contribution in [0.1, 0.15) is 11.6 Å². The Morgan fingerprint density at radius 1 is 1.47 bits per heavy atom. The minimum absolute atomic E-state index is 0. The van der Waals surface area contributed by atoms with Crippen LogP contribution in [-0.4, -0.2) is 11.2 Å². The Kier molecular flexibility index (Phi) is 3.89. The highest BCUT2D eigenvalue weighted by atomic mass is 35.5. The number of halogens is 2. The lowest BCUT2D eigenvalue weighted by atomic mass is 10.0. The van der Waals surface area contributed by atoms with Gasteiger partial charge in [0, 0.05) is 10.6 Å². The molecule has 2 unspecified atom stereocenters. The molecule has 0 bridgehead atoms. The number of carbonyl (C=O) groups excluding carboxylic acids is 1. The van der Waals surface area contributed by atoms with Gasteiger partial charge in [0.1, 0.15) is 11.0 Å². The number of benzene rings is 1. The number of thiol groups is 1. The lowest BCUT2D eigenvalue weighted by Crippen LogP contribution is -2.36. The van der Waals surface area contributed by atoms with E-state index in [4.69, 9.17) is 22.1 Å². The second-order valence-electron chi connectivity index (χ2n) is 3.07. The minimum atomic E-state index is -0.624. The molecule has 0 amide bonds. The largest absolute Gasteiger partial charge is 0.425 e. The molecule has 1 aliphatic heterocycles. The highest BCUT2D eigenvalue weighted by Crippen LogP contribution is 2.35. The molecule has 0 fully saturated rings. The fraction of sp³-hybridized carbons (Fsp3) is 0.222. The average molecular weight is 266 g/mol. The van der Waals surface area contributed by atoms with Crippen LogP contribution < -0.4 is 10.5 Å². The maximum Gasteiger partial charge on any atom is 0.326 e. The van der Waals surface area contributed by atoms with E-state index >= 15 is 0 Å². The molecule has 0 radical (unpaired) electrons. The van der Waals surface area contributed by atoms with E-state index in [1.807, 2.05) is 0 Å². The third kappa shape index (κ3) is 2.23. The SMILES string of the molecule is Cl.NC1c2cc(Cl)ccc2OC(=O)C1S. The van der Waals surface area contributed by atoms with E-state index in [1.54, 1.807) is 18.2 Å². The van der Waals surface area contributed by atoms with Crippen molar-refractivity contribution in [3.63, 3.8) is 0 Å². The average Bonchev–Trinajstić information content (AvgIpc) is 2.16. The smallest absolute Gasteiger partial charge is 0.326 e. The second kappa shape index (κ2) is 4.61. The van der Waals surface area contributed by atoms with Crippen molar-refractivity contribution in [2.45, 2.75) is 11.3 Å². The molecule has 0 aliphatic carbocycles. The zero-order valence-electron chi connectivity index (χ0n) is 7.51. The van der Waals surface area contributed by atoms with Crippen molar-refractivity contribution in [2.24, 2.45) is 5.73 Å². The fourth-order valence-corrected chi connectivity index (χ4v) is 1.75. The minimum Gasteiger partial charge on any atom is -0.425 e. The number of esters is 1. The summed E-state index contributed by atoms with van der Waals surface area (Å²) in [7, 11) is 0. The van der Waals surface area contributed by atoms with E-state index < -0.39 is 17.3 Å². The summed E-state index contributed by atoms with van der Waals surface area (Å²) in [6.07, 6.45) is 0. The van der Waals surface area contributed by atoms with Crippen molar-refractivity contribution in [2.75, 3.05) is 0 Å². The first-order valence-electron chi connectivity index (χ1n) is 4.04. The molecule has 0 saturated heterocycles. The van der Waals surface area contributed by atoms with Crippen LogP contribution in [0.5, 0.6) is 5.75 Å². The van der Waals surface area contributed by atoms with Crippen molar-refractivity contribution >= 4 is 42.6 Å². The number of fused-ring (bicyclic) bond motifs is 1. The Balaban J connectivity index is 0.00000112. The predicted molar refractivity (Wildman–Crippen MR) is 64.0 cm³/mol. The summed E-state index contributed by atoms with van der Waals surface area (Å²) in [4.78, 5) is 11.2. The normalized spacial score (nSPS) is 23.8. The Labute approximate surface area is 104 Å². The zero-order valence-corrected chi connectivity index (χ0v) is 9.98. The molecule has 1 aromatic rings. The lowest BCUT2D eigenvalue weighted by molar-refractivity contribution is -0.135. The summed E-state index contributed by atoms with van der Waals surface area (Å²) < 4.78 is 5.02. The second-order valence-corrected chi connectivity index (χ2v) is 4.07. The zero-order chi connectivity index (χ0) is 10.3. The molecule has 3 nitrogen and oxygen atoms in total. The molecule has 0 saturated carbocycles. The van der Waals surface area contributed by atoms with Crippen molar-refractivity contribution < 1.29 is 9.53 Å². The van der Waals surface area contributed by atoms with E-state index in [0.717, 1.165) is 5.56 Å². The standard InChI is InChI=1S/C9H8ClNO2S.ClH/c10-4-1-2-6-5(3-4)7(11)8(14)9(12)13-6;/h1-3,7-8,14H,11H2;1H. The molecule has 6 heteroatoms. The fourth-order valence-electron chi connectivity index (χ4n) is 1.36. The maximum atomic E-state index is 11.2. The predicted octanol–water partition coefficient (Wildman–Crippen LogP) is 1.98. The molecule has 0 aromatic heterocycles. The van der Waals surface area contributed by atoms with Crippen molar-refractivity contribution in [3.05, 3.63) is 28.8 Å². The van der Waals surface area contributed by atoms with Crippen LogP contribution in [0.25, 0.3) is 0 Å². The van der Waals surface area contributed by atoms with Crippen LogP contribution in [0.2, 0.25) is 5.02 Å². The Hall–Kier alpha value is -0.420. The number of nitrogens with two attached hydrogens (primary N) is 1. The number of carbonyl (C=O) groups is 1. The van der Waals surface area contributed by atoms with Crippen molar-refractivity contribution in [3.8, 4) is 5.75 Å². The van der Waals surface area contributed by atoms with Crippen molar-refractivity contribution in [1.29, 1.82) is 0 Å². The van der Waals surface area contributed by atoms with E-state index in [2.05, 4.69) is 12.6 Å². The van der Waals surface area contributed by atoms with E-state index in [-0.39, 0.29) is 12.4 Å². The quantitative estimate of drug-likeness (QED) is 0.429. The molecule has 15 heavy (non-hydrogen) atoms. The van der Waals surface area contributed by atoms with Gasteiger partial charge >= 0.3 is 5.97 Å². The van der Waals surface area contributed by atoms with E-state index in [1.165, 1.54) is 0 Å². The number of hydrogen-bond donors (Lipinski definition) is 2. The van der Waals surface area contributed by atoms with Crippen LogP contribution in [0, 0.1) is 0 Å². The highest BCUT2D eigenvalue weighted by molar-refractivity contribution is 7.81. The van der Waals surface area contributed by atoms with Gasteiger partial charge in [-0.25, -0.2) is 0 Å². The highest BCUT2D eigenvalue weighted by Gasteiger charge is 2.32. The van der Waals surface area contributed by atoms with Crippen LogP contribution in [0.15, 0.2) is 18.2 Å². The van der Waals surface area contributed by atoms with Gasteiger partial charge < -0.3 is 10.5 Å². The molecule has 2 N–H and O–H groups in total. The molecule has 1 heterocycles. The Morgan fingerprint density at radius 3 is 2.80 bits per heavy atom. The van der Waals surface area contributed by atoms with Gasteiger partial charge in [-0.3, -0.25) is 4.79 Å². The molecule has 2 atom stereocenters. The van der Waals surface area contributed by atoms with Crippen LogP contribution in [0.3, 0.4) is 0 Å². The molecule has 0 spiro atoms. The van der Waals surface area contributed by atoms with Gasteiger partial charge in [0.25, 0.3) is 0 Å². The first kappa shape index (κ1) is 12.6. The van der Waals surface area contributed by atoms with Crippen LogP contribution in [-0.2, 0) is 4.79 Å². The third-order valence-corrected chi connectivity index (χ3v) is 2.89. The number of ether oxygens (including phenoxy) is 1. The van der Waals surface area contributed by atoms with Crippen molar-refractivity contribution in [1.82, 2.24) is 0 Å². The van der Waals surface area contributed by atoms with Gasteiger partial charge in [0.05, 0.1) is 6.04 Å². The molecule has 82 valence electrons. The Morgan fingerprint density at radius 2 is 2.13 bits per heavy atom. The summed E-state index contributed by atoms with van der Waals surface area (Å²) in [5, 5.41) is -0.0568. The molecule has 2 rings (SSSR count). The monoisotopic (exact) mass is 265 g/mol. The van der Waals surface area contributed by atoms with Crippen LogP contribution >= 0.6 is 36.6 Å². The summed E-state index contributed by atoms with van der Waals surface area (Å²) in [5.74, 6) is 0.0489. The first-order chi connectivity index (χ1) is 6.59.